The second kappa shape index (κ2) is 6.60. The highest BCUT2D eigenvalue weighted by molar-refractivity contribution is 5.80. The average molecular weight is 293 g/mol. The van der Waals surface area contributed by atoms with E-state index >= 15 is 0 Å². The molecule has 5 heteroatoms. The van der Waals surface area contributed by atoms with Crippen molar-refractivity contribution in [3.05, 3.63) is 18.0 Å². The zero-order valence-electron chi connectivity index (χ0n) is 13.6. The number of carbonyl (C=O) groups excluding carboxylic acids is 1. The van der Waals surface area contributed by atoms with Crippen molar-refractivity contribution in [3.8, 4) is 0 Å². The van der Waals surface area contributed by atoms with Crippen molar-refractivity contribution in [2.45, 2.75) is 65.1 Å². The van der Waals surface area contributed by atoms with E-state index in [2.05, 4.69) is 31.2 Å². The summed E-state index contributed by atoms with van der Waals surface area (Å²) in [5.74, 6) is -0.0177. The molecule has 118 valence electrons. The predicted molar refractivity (Wildman–Crippen MR) is 81.8 cm³/mol. The van der Waals surface area contributed by atoms with E-state index < -0.39 is 0 Å². The van der Waals surface area contributed by atoms with Gasteiger partial charge in [-0.1, -0.05) is 13.3 Å². The second-order valence-electron chi connectivity index (χ2n) is 6.44. The smallest absolute Gasteiger partial charge is 0.226 e. The first-order chi connectivity index (χ1) is 9.96. The number of aryl methyl sites for hydroxylation is 1. The third-order valence-electron chi connectivity index (χ3n) is 4.07. The number of amides is 1. The minimum absolute atomic E-state index is 0.0974. The summed E-state index contributed by atoms with van der Waals surface area (Å²) in [6.07, 6.45) is 6.44. The minimum Gasteiger partial charge on any atom is -0.373 e. The van der Waals surface area contributed by atoms with Crippen molar-refractivity contribution >= 4 is 5.91 Å². The molecule has 2 heterocycles. The number of carbonyl (C=O) groups is 1. The van der Waals surface area contributed by atoms with Gasteiger partial charge in [0.25, 0.3) is 0 Å². The molecule has 0 aliphatic carbocycles. The molecule has 0 spiro atoms. The van der Waals surface area contributed by atoms with E-state index in [0.29, 0.717) is 6.61 Å². The Labute approximate surface area is 127 Å². The van der Waals surface area contributed by atoms with Crippen molar-refractivity contribution in [2.24, 2.45) is 5.92 Å². The molecule has 2 rings (SSSR count). The zero-order chi connectivity index (χ0) is 15.5. The lowest BCUT2D eigenvalue weighted by molar-refractivity contribution is -0.128. The lowest BCUT2D eigenvalue weighted by Crippen LogP contribution is -2.46. The number of rotatable bonds is 6. The predicted octanol–water partition coefficient (Wildman–Crippen LogP) is 2.68. The van der Waals surface area contributed by atoms with Crippen LogP contribution in [0.3, 0.4) is 0 Å². The Morgan fingerprint density at radius 3 is 2.90 bits per heavy atom. The van der Waals surface area contributed by atoms with Gasteiger partial charge in [0.1, 0.15) is 0 Å². The number of ether oxygens (including phenoxy) is 1. The molecular weight excluding hydrogens is 266 g/mol. The number of hydrogen-bond donors (Lipinski definition) is 1. The molecule has 1 saturated heterocycles. The minimum atomic E-state index is -0.164. The summed E-state index contributed by atoms with van der Waals surface area (Å²) in [5, 5.41) is 7.46. The fraction of sp³-hybridized carbons (Fsp3) is 0.750. The molecule has 1 aromatic rings. The highest BCUT2D eigenvalue weighted by atomic mass is 16.5. The fourth-order valence-corrected chi connectivity index (χ4v) is 3.00. The molecule has 1 N–H and O–H groups in total. The SMILES string of the molecule is CCCC(C)(C)NC(=O)[C@H]1CCO[C@@H]1c1cnn(CC)c1. The molecule has 1 aliphatic heterocycles. The first kappa shape index (κ1) is 16.0. The van der Waals surface area contributed by atoms with Crippen LogP contribution in [0.15, 0.2) is 12.4 Å². The molecule has 1 amide bonds. The molecule has 1 aliphatic rings. The number of nitrogens with one attached hydrogen (secondary N) is 1. The summed E-state index contributed by atoms with van der Waals surface area (Å²) in [6, 6.07) is 0. The third kappa shape index (κ3) is 3.84. The van der Waals surface area contributed by atoms with Crippen LogP contribution in [0.4, 0.5) is 0 Å². The Bertz CT molecular complexity index is 482. The first-order valence-electron chi connectivity index (χ1n) is 7.93. The Morgan fingerprint density at radius 1 is 1.52 bits per heavy atom. The van der Waals surface area contributed by atoms with Gasteiger partial charge in [-0.25, -0.2) is 0 Å². The first-order valence-corrected chi connectivity index (χ1v) is 7.93. The Kier molecular flexibility index (Phi) is 5.04. The quantitative estimate of drug-likeness (QED) is 0.877. The van der Waals surface area contributed by atoms with Crippen molar-refractivity contribution in [2.75, 3.05) is 6.61 Å². The highest BCUT2D eigenvalue weighted by Gasteiger charge is 2.37. The van der Waals surface area contributed by atoms with Gasteiger partial charge < -0.3 is 10.1 Å². The molecule has 0 radical (unpaired) electrons. The van der Waals surface area contributed by atoms with Crippen LogP contribution in [-0.2, 0) is 16.1 Å². The topological polar surface area (TPSA) is 56.1 Å². The lowest BCUT2D eigenvalue weighted by Gasteiger charge is -2.28. The maximum absolute atomic E-state index is 12.6. The van der Waals surface area contributed by atoms with Gasteiger partial charge in [-0.3, -0.25) is 9.48 Å². The molecule has 0 aromatic carbocycles. The third-order valence-corrected chi connectivity index (χ3v) is 4.07. The van der Waals surface area contributed by atoms with Crippen LogP contribution in [0.2, 0.25) is 0 Å². The Balaban J connectivity index is 2.06. The summed E-state index contributed by atoms with van der Waals surface area (Å²) in [5.41, 5.74) is 0.842. The van der Waals surface area contributed by atoms with Gasteiger partial charge in [0.2, 0.25) is 5.91 Å². The Hall–Kier alpha value is -1.36. The van der Waals surface area contributed by atoms with Gasteiger partial charge in [-0.05, 0) is 33.6 Å². The standard InChI is InChI=1S/C16H27N3O2/c1-5-8-16(3,4)18-15(20)13-7-9-21-14(13)12-10-17-19(6-2)11-12/h10-11,13-14H,5-9H2,1-4H3,(H,18,20)/t13-,14+/m0/s1. The molecule has 1 aromatic heterocycles. The molecule has 0 saturated carbocycles. The van der Waals surface area contributed by atoms with Crippen molar-refractivity contribution in [1.82, 2.24) is 15.1 Å². The van der Waals surface area contributed by atoms with Crippen LogP contribution in [0.1, 0.15) is 58.6 Å². The largest absolute Gasteiger partial charge is 0.373 e. The van der Waals surface area contributed by atoms with Crippen molar-refractivity contribution in [1.29, 1.82) is 0 Å². The molecule has 2 atom stereocenters. The second-order valence-corrected chi connectivity index (χ2v) is 6.44. The van der Waals surface area contributed by atoms with Crippen LogP contribution in [0.25, 0.3) is 0 Å². The fourth-order valence-electron chi connectivity index (χ4n) is 3.00. The average Bonchev–Trinajstić information content (AvgIpc) is 3.06. The van der Waals surface area contributed by atoms with Gasteiger partial charge in [0.05, 0.1) is 18.2 Å². The molecule has 0 bridgehead atoms. The van der Waals surface area contributed by atoms with E-state index in [-0.39, 0.29) is 23.5 Å². The van der Waals surface area contributed by atoms with Crippen LogP contribution in [0, 0.1) is 5.92 Å². The summed E-state index contributed by atoms with van der Waals surface area (Å²) < 4.78 is 7.66. The van der Waals surface area contributed by atoms with Gasteiger partial charge in [0.15, 0.2) is 0 Å². The normalized spacial score (nSPS) is 22.5. The van der Waals surface area contributed by atoms with Gasteiger partial charge in [-0.2, -0.15) is 5.10 Å². The van der Waals surface area contributed by atoms with E-state index in [1.807, 2.05) is 24.0 Å². The monoisotopic (exact) mass is 293 g/mol. The molecule has 21 heavy (non-hydrogen) atoms. The van der Waals surface area contributed by atoms with Crippen LogP contribution < -0.4 is 5.32 Å². The van der Waals surface area contributed by atoms with Crippen LogP contribution in [-0.4, -0.2) is 27.8 Å². The zero-order valence-corrected chi connectivity index (χ0v) is 13.6. The number of nitrogens with zero attached hydrogens (tertiary/aromatic N) is 2. The van der Waals surface area contributed by atoms with Gasteiger partial charge >= 0.3 is 0 Å². The molecule has 1 fully saturated rings. The summed E-state index contributed by atoms with van der Waals surface area (Å²) in [4.78, 5) is 12.6. The number of hydrogen-bond acceptors (Lipinski definition) is 3. The maximum atomic E-state index is 12.6. The van der Waals surface area contributed by atoms with E-state index in [1.54, 1.807) is 0 Å². The highest BCUT2D eigenvalue weighted by Crippen LogP contribution is 2.35. The van der Waals surface area contributed by atoms with E-state index in [0.717, 1.165) is 31.4 Å². The van der Waals surface area contributed by atoms with Gasteiger partial charge in [0, 0.05) is 30.5 Å². The molecular formula is C16H27N3O2. The van der Waals surface area contributed by atoms with E-state index in [4.69, 9.17) is 4.74 Å². The summed E-state index contributed by atoms with van der Waals surface area (Å²) >= 11 is 0. The van der Waals surface area contributed by atoms with Crippen LogP contribution in [0.5, 0.6) is 0 Å². The van der Waals surface area contributed by atoms with Crippen LogP contribution >= 0.6 is 0 Å². The summed E-state index contributed by atoms with van der Waals surface area (Å²) in [6.45, 7) is 9.79. The summed E-state index contributed by atoms with van der Waals surface area (Å²) in [7, 11) is 0. The van der Waals surface area contributed by atoms with E-state index in [1.165, 1.54) is 0 Å². The molecule has 5 nitrogen and oxygen atoms in total. The van der Waals surface area contributed by atoms with E-state index in [9.17, 15) is 4.79 Å². The number of aromatic nitrogens is 2. The lowest BCUT2D eigenvalue weighted by atomic mass is 9.93. The van der Waals surface area contributed by atoms with Gasteiger partial charge in [-0.15, -0.1) is 0 Å². The maximum Gasteiger partial charge on any atom is 0.226 e. The molecule has 0 unspecified atom stereocenters. The Morgan fingerprint density at radius 2 is 2.29 bits per heavy atom. The van der Waals surface area contributed by atoms with Crippen molar-refractivity contribution in [3.63, 3.8) is 0 Å². The van der Waals surface area contributed by atoms with Crippen molar-refractivity contribution < 1.29 is 9.53 Å².